The van der Waals surface area contributed by atoms with Crippen LogP contribution in [-0.4, -0.2) is 30.8 Å². The maximum absolute atomic E-state index is 12.7. The Morgan fingerprint density at radius 2 is 1.96 bits per heavy atom. The molecule has 0 fully saturated rings. The summed E-state index contributed by atoms with van der Waals surface area (Å²) in [6.07, 6.45) is 0. The van der Waals surface area contributed by atoms with E-state index in [0.717, 1.165) is 5.56 Å². The monoisotopic (exact) mass is 371 g/mol. The predicted octanol–water partition coefficient (Wildman–Crippen LogP) is 3.50. The molecule has 134 valence electrons. The Kier molecular flexibility index (Phi) is 4.97. The zero-order valence-electron chi connectivity index (χ0n) is 14.4. The van der Waals surface area contributed by atoms with Crippen molar-refractivity contribution in [1.29, 1.82) is 0 Å². The molecular formula is C19H18ClN3O3. The quantitative estimate of drug-likeness (QED) is 0.718. The van der Waals surface area contributed by atoms with Gasteiger partial charge in [-0.1, -0.05) is 23.7 Å². The summed E-state index contributed by atoms with van der Waals surface area (Å²) in [5.74, 6) is -1.24. The molecule has 0 aliphatic rings. The van der Waals surface area contributed by atoms with Crippen LogP contribution in [0.5, 0.6) is 0 Å². The van der Waals surface area contributed by atoms with Crippen LogP contribution in [0.3, 0.4) is 0 Å². The number of rotatable bonds is 5. The number of amides is 2. The highest BCUT2D eigenvalue weighted by Crippen LogP contribution is 2.32. The molecular weight excluding hydrogens is 354 g/mol. The Bertz CT molecular complexity index is 995. The molecule has 0 spiro atoms. The highest BCUT2D eigenvalue weighted by atomic mass is 35.5. The van der Waals surface area contributed by atoms with E-state index in [4.69, 9.17) is 21.8 Å². The fourth-order valence-corrected chi connectivity index (χ4v) is 2.89. The minimum absolute atomic E-state index is 0.111. The summed E-state index contributed by atoms with van der Waals surface area (Å²) >= 11 is 5.95. The van der Waals surface area contributed by atoms with Crippen molar-refractivity contribution in [1.82, 2.24) is 4.90 Å². The fraction of sp³-hybridized carbons (Fsp3) is 0.158. The van der Waals surface area contributed by atoms with Gasteiger partial charge < -0.3 is 20.4 Å². The average Bonchev–Trinajstić information content (AvgIpc) is 2.92. The van der Waals surface area contributed by atoms with Gasteiger partial charge in [-0.2, -0.15) is 0 Å². The summed E-state index contributed by atoms with van der Waals surface area (Å²) in [4.78, 5) is 26.4. The van der Waals surface area contributed by atoms with Gasteiger partial charge in [0.25, 0.3) is 11.8 Å². The number of carbonyl (C=O) groups is 2. The van der Waals surface area contributed by atoms with E-state index in [1.807, 2.05) is 31.1 Å². The second-order valence-electron chi connectivity index (χ2n) is 6.20. The van der Waals surface area contributed by atoms with Crippen molar-refractivity contribution >= 4 is 40.1 Å². The average molecular weight is 372 g/mol. The fourth-order valence-electron chi connectivity index (χ4n) is 2.73. The largest absolute Gasteiger partial charge is 0.449 e. The van der Waals surface area contributed by atoms with Crippen molar-refractivity contribution in [2.24, 2.45) is 5.73 Å². The summed E-state index contributed by atoms with van der Waals surface area (Å²) in [6, 6.07) is 12.2. The normalized spacial score (nSPS) is 11.1. The lowest BCUT2D eigenvalue weighted by Gasteiger charge is -2.11. The number of nitrogens with one attached hydrogen (secondary N) is 1. The third-order valence-corrected chi connectivity index (χ3v) is 4.04. The van der Waals surface area contributed by atoms with Crippen molar-refractivity contribution < 1.29 is 14.0 Å². The van der Waals surface area contributed by atoms with E-state index < -0.39 is 5.91 Å². The molecule has 0 unspecified atom stereocenters. The predicted molar refractivity (Wildman–Crippen MR) is 102 cm³/mol. The second kappa shape index (κ2) is 7.19. The molecule has 3 rings (SSSR count). The summed E-state index contributed by atoms with van der Waals surface area (Å²) in [5.41, 5.74) is 7.48. The second-order valence-corrected chi connectivity index (χ2v) is 6.64. The number of nitrogens with zero attached hydrogens (tertiary/aromatic N) is 1. The van der Waals surface area contributed by atoms with Crippen molar-refractivity contribution in [2.45, 2.75) is 6.54 Å². The standard InChI is InChI=1S/C19H18ClN3O3/c1-23(2)10-11-4-3-5-12(8-11)19(25)22-16-14-7-6-13(20)9-15(14)26-17(16)18(21)24/h3-9H,10H2,1-2H3,(H2,21,24)(H,22,25). The molecule has 0 atom stereocenters. The SMILES string of the molecule is CN(C)Cc1cccc(C(=O)Nc2c(C(N)=O)oc3cc(Cl)ccc23)c1. The molecule has 3 N–H and O–H groups in total. The number of furan rings is 1. The Morgan fingerprint density at radius 1 is 1.19 bits per heavy atom. The molecule has 2 amide bonds. The highest BCUT2D eigenvalue weighted by molar-refractivity contribution is 6.31. The Balaban J connectivity index is 1.97. The molecule has 2 aromatic carbocycles. The smallest absolute Gasteiger partial charge is 0.286 e. The van der Waals surface area contributed by atoms with Gasteiger partial charge in [-0.3, -0.25) is 9.59 Å². The van der Waals surface area contributed by atoms with E-state index >= 15 is 0 Å². The Morgan fingerprint density at radius 3 is 2.65 bits per heavy atom. The lowest BCUT2D eigenvalue weighted by atomic mass is 10.1. The van der Waals surface area contributed by atoms with Crippen LogP contribution in [0.15, 0.2) is 46.9 Å². The zero-order valence-corrected chi connectivity index (χ0v) is 15.1. The number of halogens is 1. The molecule has 26 heavy (non-hydrogen) atoms. The zero-order chi connectivity index (χ0) is 18.8. The number of fused-ring (bicyclic) bond motifs is 1. The van der Waals surface area contributed by atoms with Gasteiger partial charge in [0.15, 0.2) is 0 Å². The molecule has 7 heteroatoms. The van der Waals surface area contributed by atoms with Crippen LogP contribution in [0, 0.1) is 0 Å². The van der Waals surface area contributed by atoms with Crippen molar-refractivity contribution in [3.63, 3.8) is 0 Å². The summed E-state index contributed by atoms with van der Waals surface area (Å²) in [7, 11) is 3.91. The maximum Gasteiger partial charge on any atom is 0.286 e. The van der Waals surface area contributed by atoms with Gasteiger partial charge in [0.1, 0.15) is 11.3 Å². The number of hydrogen-bond acceptors (Lipinski definition) is 4. The van der Waals surface area contributed by atoms with E-state index in [0.29, 0.717) is 28.1 Å². The van der Waals surface area contributed by atoms with Crippen LogP contribution in [-0.2, 0) is 6.54 Å². The first kappa shape index (κ1) is 18.0. The van der Waals surface area contributed by atoms with E-state index in [-0.39, 0.29) is 17.4 Å². The molecule has 1 aromatic heterocycles. The summed E-state index contributed by atoms with van der Waals surface area (Å²) < 4.78 is 5.47. The van der Waals surface area contributed by atoms with Crippen LogP contribution in [0.4, 0.5) is 5.69 Å². The molecule has 6 nitrogen and oxygen atoms in total. The molecule has 1 heterocycles. The van der Waals surface area contributed by atoms with Crippen LogP contribution in [0.25, 0.3) is 11.0 Å². The number of benzene rings is 2. The lowest BCUT2D eigenvalue weighted by Crippen LogP contribution is -2.17. The first-order valence-electron chi connectivity index (χ1n) is 7.92. The van der Waals surface area contributed by atoms with Crippen LogP contribution in [0.1, 0.15) is 26.5 Å². The molecule has 3 aromatic rings. The number of anilines is 1. The Hall–Kier alpha value is -2.83. The third kappa shape index (κ3) is 3.71. The third-order valence-electron chi connectivity index (χ3n) is 3.80. The number of hydrogen-bond donors (Lipinski definition) is 2. The van der Waals surface area contributed by atoms with Crippen molar-refractivity contribution in [3.05, 3.63) is 64.4 Å². The maximum atomic E-state index is 12.7. The number of primary amides is 1. The minimum Gasteiger partial charge on any atom is -0.449 e. The summed E-state index contributed by atoms with van der Waals surface area (Å²) in [5, 5.41) is 3.75. The van der Waals surface area contributed by atoms with E-state index in [1.54, 1.807) is 30.3 Å². The van der Waals surface area contributed by atoms with Gasteiger partial charge in [-0.05, 0) is 43.9 Å². The molecule has 0 radical (unpaired) electrons. The molecule has 0 bridgehead atoms. The Labute approximate surface area is 155 Å². The minimum atomic E-state index is -0.769. The number of carbonyl (C=O) groups excluding carboxylic acids is 2. The van der Waals surface area contributed by atoms with E-state index in [1.165, 1.54) is 0 Å². The molecule has 0 aliphatic carbocycles. The van der Waals surface area contributed by atoms with E-state index in [9.17, 15) is 9.59 Å². The van der Waals surface area contributed by atoms with Gasteiger partial charge in [0, 0.05) is 28.6 Å². The van der Waals surface area contributed by atoms with Gasteiger partial charge in [-0.25, -0.2) is 0 Å². The van der Waals surface area contributed by atoms with Crippen LogP contribution in [0.2, 0.25) is 5.02 Å². The first-order chi connectivity index (χ1) is 12.3. The van der Waals surface area contributed by atoms with Gasteiger partial charge in [0.05, 0.1) is 0 Å². The van der Waals surface area contributed by atoms with Gasteiger partial charge in [0.2, 0.25) is 5.76 Å². The van der Waals surface area contributed by atoms with Crippen LogP contribution < -0.4 is 11.1 Å². The summed E-state index contributed by atoms with van der Waals surface area (Å²) in [6.45, 7) is 0.709. The highest BCUT2D eigenvalue weighted by Gasteiger charge is 2.21. The molecule has 0 saturated heterocycles. The van der Waals surface area contributed by atoms with Crippen molar-refractivity contribution in [3.8, 4) is 0 Å². The van der Waals surface area contributed by atoms with Crippen LogP contribution >= 0.6 is 11.6 Å². The van der Waals surface area contributed by atoms with Gasteiger partial charge in [-0.15, -0.1) is 0 Å². The van der Waals surface area contributed by atoms with Crippen molar-refractivity contribution in [2.75, 3.05) is 19.4 Å². The lowest BCUT2D eigenvalue weighted by molar-refractivity contribution is 0.0977. The topological polar surface area (TPSA) is 88.6 Å². The van der Waals surface area contributed by atoms with E-state index in [2.05, 4.69) is 5.32 Å². The van der Waals surface area contributed by atoms with Gasteiger partial charge >= 0.3 is 0 Å². The first-order valence-corrected chi connectivity index (χ1v) is 8.30. The molecule has 0 aliphatic heterocycles. The number of nitrogens with two attached hydrogens (primary N) is 1. The molecule has 0 saturated carbocycles.